The number of carbonyl (C=O) groups is 1. The Labute approximate surface area is 156 Å². The van der Waals surface area contributed by atoms with Crippen LogP contribution in [0.25, 0.3) is 6.08 Å². The third kappa shape index (κ3) is 4.70. The van der Waals surface area contributed by atoms with Crippen molar-refractivity contribution >= 4 is 39.7 Å². The molecule has 26 heavy (non-hydrogen) atoms. The Morgan fingerprint density at radius 2 is 1.92 bits per heavy atom. The van der Waals surface area contributed by atoms with E-state index in [9.17, 15) is 14.9 Å². The molecule has 3 rings (SSSR count). The summed E-state index contributed by atoms with van der Waals surface area (Å²) in [6.45, 7) is 4.43. The highest BCUT2D eigenvalue weighted by Gasteiger charge is 2.15. The lowest BCUT2D eigenvalue weighted by molar-refractivity contribution is -0.380. The molecule has 0 spiro atoms. The number of thiophene rings is 1. The van der Waals surface area contributed by atoms with E-state index >= 15 is 0 Å². The SMILES string of the molecule is CC1CCN(c2ccc(NC(=O)/C=C/c3ccc([N+](=O)[O-])s3)cc2)CC1. The standard InChI is InChI=1S/C19H21N3O3S/c1-14-10-12-21(13-11-14)16-4-2-15(3-5-16)20-18(23)8-6-17-7-9-19(26-17)22(24)25/h2-9,14H,10-13H2,1H3,(H,20,23)/b8-6+. The van der Waals surface area contributed by atoms with Crippen LogP contribution in [-0.2, 0) is 4.79 Å². The number of rotatable bonds is 5. The molecule has 2 aromatic rings. The zero-order chi connectivity index (χ0) is 18.5. The molecule has 0 radical (unpaired) electrons. The number of carbonyl (C=O) groups excluding carboxylic acids is 1. The highest BCUT2D eigenvalue weighted by atomic mass is 32.1. The van der Waals surface area contributed by atoms with Crippen LogP contribution in [0.4, 0.5) is 16.4 Å². The van der Waals surface area contributed by atoms with Gasteiger partial charge in [0.25, 0.3) is 0 Å². The van der Waals surface area contributed by atoms with E-state index in [-0.39, 0.29) is 10.9 Å². The highest BCUT2D eigenvalue weighted by molar-refractivity contribution is 7.16. The normalized spacial score (nSPS) is 15.3. The van der Waals surface area contributed by atoms with Crippen LogP contribution in [0.15, 0.2) is 42.5 Å². The Morgan fingerprint density at radius 3 is 2.54 bits per heavy atom. The van der Waals surface area contributed by atoms with E-state index in [4.69, 9.17) is 0 Å². The minimum absolute atomic E-state index is 0.0627. The summed E-state index contributed by atoms with van der Waals surface area (Å²) >= 11 is 1.04. The predicted octanol–water partition coefficient (Wildman–Crippen LogP) is 4.54. The Bertz CT molecular complexity index is 806. The zero-order valence-corrected chi connectivity index (χ0v) is 15.4. The highest BCUT2D eigenvalue weighted by Crippen LogP contribution is 2.25. The Kier molecular flexibility index (Phi) is 5.68. The van der Waals surface area contributed by atoms with Crippen LogP contribution in [0.3, 0.4) is 0 Å². The molecule has 0 saturated carbocycles. The summed E-state index contributed by atoms with van der Waals surface area (Å²) in [5.41, 5.74) is 1.90. The second-order valence-corrected chi connectivity index (χ2v) is 7.57. The number of hydrogen-bond acceptors (Lipinski definition) is 5. The first-order chi connectivity index (χ1) is 12.5. The van der Waals surface area contributed by atoms with Gasteiger partial charge in [0.2, 0.25) is 5.91 Å². The van der Waals surface area contributed by atoms with Crippen molar-refractivity contribution in [1.82, 2.24) is 0 Å². The van der Waals surface area contributed by atoms with Gasteiger partial charge in [-0.05, 0) is 55.2 Å². The van der Waals surface area contributed by atoms with Crippen LogP contribution in [0, 0.1) is 16.0 Å². The van der Waals surface area contributed by atoms with E-state index in [1.807, 2.05) is 24.3 Å². The van der Waals surface area contributed by atoms with Crippen molar-refractivity contribution < 1.29 is 9.72 Å². The molecule has 7 heteroatoms. The number of anilines is 2. The molecule has 0 atom stereocenters. The third-order valence-corrected chi connectivity index (χ3v) is 5.48. The first-order valence-electron chi connectivity index (χ1n) is 8.59. The van der Waals surface area contributed by atoms with Gasteiger partial charge in [-0.25, -0.2) is 0 Å². The van der Waals surface area contributed by atoms with E-state index in [0.29, 0.717) is 4.88 Å². The number of hydrogen-bond donors (Lipinski definition) is 1. The van der Waals surface area contributed by atoms with E-state index in [0.717, 1.165) is 36.0 Å². The van der Waals surface area contributed by atoms with Crippen molar-refractivity contribution in [3.05, 3.63) is 57.5 Å². The maximum absolute atomic E-state index is 12.0. The van der Waals surface area contributed by atoms with E-state index < -0.39 is 4.92 Å². The molecule has 0 bridgehead atoms. The molecule has 1 amide bonds. The second kappa shape index (κ2) is 8.14. The number of benzene rings is 1. The summed E-state index contributed by atoms with van der Waals surface area (Å²) < 4.78 is 0. The fraction of sp³-hybridized carbons (Fsp3) is 0.316. The van der Waals surface area contributed by atoms with Gasteiger partial charge in [-0.1, -0.05) is 18.3 Å². The van der Waals surface area contributed by atoms with Gasteiger partial charge in [-0.3, -0.25) is 14.9 Å². The quantitative estimate of drug-likeness (QED) is 0.475. The second-order valence-electron chi connectivity index (χ2n) is 6.47. The number of nitrogens with one attached hydrogen (secondary N) is 1. The summed E-state index contributed by atoms with van der Waals surface area (Å²) in [4.78, 5) is 25.3. The smallest absolute Gasteiger partial charge is 0.324 e. The van der Waals surface area contributed by atoms with Crippen molar-refractivity contribution in [1.29, 1.82) is 0 Å². The third-order valence-electron chi connectivity index (χ3n) is 4.48. The van der Waals surface area contributed by atoms with Crippen LogP contribution in [-0.4, -0.2) is 23.9 Å². The first kappa shape index (κ1) is 18.1. The van der Waals surface area contributed by atoms with Crippen molar-refractivity contribution in [2.24, 2.45) is 5.92 Å². The molecule has 1 aliphatic heterocycles. The van der Waals surface area contributed by atoms with Gasteiger partial charge in [-0.15, -0.1) is 0 Å². The zero-order valence-electron chi connectivity index (χ0n) is 14.6. The molecule has 1 aliphatic rings. The first-order valence-corrected chi connectivity index (χ1v) is 9.41. The fourth-order valence-corrected chi connectivity index (χ4v) is 3.62. The van der Waals surface area contributed by atoms with Gasteiger partial charge in [0.1, 0.15) is 0 Å². The van der Waals surface area contributed by atoms with Crippen LogP contribution in [0.2, 0.25) is 0 Å². The summed E-state index contributed by atoms with van der Waals surface area (Å²) in [6, 6.07) is 10.9. The van der Waals surface area contributed by atoms with E-state index in [2.05, 4.69) is 17.1 Å². The predicted molar refractivity (Wildman–Crippen MR) is 106 cm³/mol. The fourth-order valence-electron chi connectivity index (χ4n) is 2.89. The summed E-state index contributed by atoms with van der Waals surface area (Å²) in [5.74, 6) is 0.530. The van der Waals surface area contributed by atoms with Gasteiger partial charge < -0.3 is 10.2 Å². The molecular formula is C19H21N3O3S. The van der Waals surface area contributed by atoms with Crippen LogP contribution in [0.5, 0.6) is 0 Å². The molecule has 1 fully saturated rings. The van der Waals surface area contributed by atoms with Crippen molar-refractivity contribution in [2.75, 3.05) is 23.3 Å². The van der Waals surface area contributed by atoms with Crippen molar-refractivity contribution in [3.63, 3.8) is 0 Å². The van der Waals surface area contributed by atoms with E-state index in [1.54, 1.807) is 12.1 Å². The molecule has 6 nitrogen and oxygen atoms in total. The molecule has 136 valence electrons. The molecule has 1 N–H and O–H groups in total. The topological polar surface area (TPSA) is 75.5 Å². The molecule has 0 unspecified atom stereocenters. The Hall–Kier alpha value is -2.67. The van der Waals surface area contributed by atoms with Gasteiger partial charge in [0.05, 0.1) is 4.92 Å². The Balaban J connectivity index is 1.55. The molecule has 1 aromatic carbocycles. The number of amides is 1. The maximum atomic E-state index is 12.0. The van der Waals surface area contributed by atoms with Crippen molar-refractivity contribution in [2.45, 2.75) is 19.8 Å². The van der Waals surface area contributed by atoms with Crippen molar-refractivity contribution in [3.8, 4) is 0 Å². The van der Waals surface area contributed by atoms with Gasteiger partial charge >= 0.3 is 5.00 Å². The molecular weight excluding hydrogens is 350 g/mol. The number of nitrogens with zero attached hydrogens (tertiary/aromatic N) is 2. The molecule has 1 aromatic heterocycles. The summed E-state index contributed by atoms with van der Waals surface area (Å²) in [6.07, 6.45) is 5.39. The Morgan fingerprint density at radius 1 is 1.23 bits per heavy atom. The van der Waals surface area contributed by atoms with Crippen LogP contribution in [0.1, 0.15) is 24.6 Å². The maximum Gasteiger partial charge on any atom is 0.324 e. The lowest BCUT2D eigenvalue weighted by atomic mass is 9.99. The molecule has 0 aliphatic carbocycles. The number of nitro groups is 1. The van der Waals surface area contributed by atoms with Crippen LogP contribution >= 0.6 is 11.3 Å². The minimum Gasteiger partial charge on any atom is -0.372 e. The summed E-state index contributed by atoms with van der Waals surface area (Å²) in [7, 11) is 0. The lowest BCUT2D eigenvalue weighted by Crippen LogP contribution is -2.32. The average Bonchev–Trinajstić information content (AvgIpc) is 3.11. The lowest BCUT2D eigenvalue weighted by Gasteiger charge is -2.32. The number of piperidine rings is 1. The summed E-state index contributed by atoms with van der Waals surface area (Å²) in [5, 5.41) is 13.5. The van der Waals surface area contributed by atoms with Gasteiger partial charge in [0, 0.05) is 41.5 Å². The van der Waals surface area contributed by atoms with Gasteiger partial charge in [-0.2, -0.15) is 0 Å². The molecule has 2 heterocycles. The van der Waals surface area contributed by atoms with Crippen LogP contribution < -0.4 is 10.2 Å². The largest absolute Gasteiger partial charge is 0.372 e. The van der Waals surface area contributed by atoms with E-state index in [1.165, 1.54) is 30.7 Å². The minimum atomic E-state index is -0.438. The monoisotopic (exact) mass is 371 g/mol. The average molecular weight is 371 g/mol. The van der Waals surface area contributed by atoms with Gasteiger partial charge in [0.15, 0.2) is 0 Å². The molecule has 1 saturated heterocycles.